The third-order valence-electron chi connectivity index (χ3n) is 5.55. The SMILES string of the molecule is Cc1cc(-c2ccc(C(=O)N3CCOCC3)cc2)cnc1-n1cnn(C/C(=C/F)CN)c1=O.Cl. The molecule has 34 heavy (non-hydrogen) atoms. The highest BCUT2D eigenvalue weighted by Gasteiger charge is 2.18. The van der Waals surface area contributed by atoms with Gasteiger partial charge in [-0.2, -0.15) is 5.10 Å². The highest BCUT2D eigenvalue weighted by atomic mass is 35.5. The molecule has 0 saturated carbocycles. The van der Waals surface area contributed by atoms with Gasteiger partial charge in [-0.3, -0.25) is 4.79 Å². The summed E-state index contributed by atoms with van der Waals surface area (Å²) in [5.41, 5.74) is 8.44. The van der Waals surface area contributed by atoms with E-state index in [0.29, 0.717) is 44.0 Å². The van der Waals surface area contributed by atoms with Crippen molar-refractivity contribution >= 4 is 18.3 Å². The summed E-state index contributed by atoms with van der Waals surface area (Å²) in [5, 5.41) is 4.03. The molecule has 4 rings (SSSR count). The van der Waals surface area contributed by atoms with E-state index in [9.17, 15) is 14.0 Å². The van der Waals surface area contributed by atoms with Gasteiger partial charge in [-0.15, -0.1) is 12.4 Å². The summed E-state index contributed by atoms with van der Waals surface area (Å²) in [4.78, 5) is 31.5. The summed E-state index contributed by atoms with van der Waals surface area (Å²) in [6, 6.07) is 9.28. The molecule has 180 valence electrons. The zero-order valence-corrected chi connectivity index (χ0v) is 19.5. The molecule has 3 aromatic rings. The number of nitrogens with two attached hydrogens (primary N) is 1. The van der Waals surface area contributed by atoms with Crippen molar-refractivity contribution in [2.45, 2.75) is 13.5 Å². The third kappa shape index (κ3) is 5.24. The van der Waals surface area contributed by atoms with Crippen LogP contribution in [-0.4, -0.2) is 63.0 Å². The van der Waals surface area contributed by atoms with Gasteiger partial charge in [0.05, 0.1) is 26.1 Å². The fraction of sp³-hybridized carbons (Fsp3) is 0.304. The summed E-state index contributed by atoms with van der Waals surface area (Å²) >= 11 is 0. The number of ether oxygens (including phenoxy) is 1. The number of nitrogens with zero attached hydrogens (tertiary/aromatic N) is 5. The zero-order valence-electron chi connectivity index (χ0n) is 18.7. The predicted molar refractivity (Wildman–Crippen MR) is 128 cm³/mol. The molecule has 1 aliphatic heterocycles. The van der Waals surface area contributed by atoms with E-state index < -0.39 is 5.69 Å². The molecule has 1 aliphatic rings. The van der Waals surface area contributed by atoms with Crippen LogP contribution in [-0.2, 0) is 11.3 Å². The van der Waals surface area contributed by atoms with Gasteiger partial charge in [-0.05, 0) is 41.8 Å². The molecule has 0 atom stereocenters. The number of halogens is 2. The molecular weight excluding hydrogens is 463 g/mol. The molecule has 1 fully saturated rings. The van der Waals surface area contributed by atoms with Gasteiger partial charge in [-0.25, -0.2) is 23.4 Å². The lowest BCUT2D eigenvalue weighted by atomic mass is 10.0. The number of hydrogen-bond donors (Lipinski definition) is 1. The molecule has 2 aromatic heterocycles. The molecule has 2 N–H and O–H groups in total. The second kappa shape index (κ2) is 11.2. The van der Waals surface area contributed by atoms with Crippen molar-refractivity contribution in [1.82, 2.24) is 24.2 Å². The van der Waals surface area contributed by atoms with Crippen molar-refractivity contribution in [1.29, 1.82) is 0 Å². The zero-order chi connectivity index (χ0) is 23.4. The summed E-state index contributed by atoms with van der Waals surface area (Å²) in [6.45, 7) is 4.13. The quantitative estimate of drug-likeness (QED) is 0.569. The van der Waals surface area contributed by atoms with Crippen molar-refractivity contribution in [2.75, 3.05) is 32.8 Å². The van der Waals surface area contributed by atoms with Gasteiger partial charge in [-0.1, -0.05) is 12.1 Å². The van der Waals surface area contributed by atoms with Crippen LogP contribution in [0.4, 0.5) is 4.39 Å². The minimum atomic E-state index is -0.433. The second-order valence-corrected chi connectivity index (χ2v) is 7.76. The second-order valence-electron chi connectivity index (χ2n) is 7.76. The maximum atomic E-state index is 12.8. The first-order chi connectivity index (χ1) is 16.0. The van der Waals surface area contributed by atoms with Crippen LogP contribution in [0.1, 0.15) is 15.9 Å². The average Bonchev–Trinajstić information content (AvgIpc) is 3.22. The topological polar surface area (TPSA) is 108 Å². The fourth-order valence-corrected chi connectivity index (χ4v) is 3.66. The first-order valence-electron chi connectivity index (χ1n) is 10.6. The Bertz CT molecular complexity index is 1230. The molecule has 0 unspecified atom stereocenters. The summed E-state index contributed by atoms with van der Waals surface area (Å²) < 4.78 is 20.6. The van der Waals surface area contributed by atoms with Crippen LogP contribution in [0.15, 0.2) is 59.6 Å². The van der Waals surface area contributed by atoms with Crippen LogP contribution in [0.5, 0.6) is 0 Å². The molecule has 11 heteroatoms. The lowest BCUT2D eigenvalue weighted by molar-refractivity contribution is 0.0303. The molecule has 3 heterocycles. The summed E-state index contributed by atoms with van der Waals surface area (Å²) in [5.74, 6) is 0.430. The van der Waals surface area contributed by atoms with E-state index in [2.05, 4.69) is 10.1 Å². The van der Waals surface area contributed by atoms with Gasteiger partial charge in [0.1, 0.15) is 12.1 Å². The number of pyridine rings is 1. The highest BCUT2D eigenvalue weighted by molar-refractivity contribution is 5.94. The molecule has 0 radical (unpaired) electrons. The van der Waals surface area contributed by atoms with Crippen LogP contribution < -0.4 is 11.4 Å². The number of benzene rings is 1. The van der Waals surface area contributed by atoms with Crippen LogP contribution in [0.2, 0.25) is 0 Å². The molecule has 0 spiro atoms. The van der Waals surface area contributed by atoms with Crippen molar-refractivity contribution in [3.8, 4) is 16.9 Å². The number of aryl methyl sites for hydroxylation is 1. The third-order valence-corrected chi connectivity index (χ3v) is 5.55. The van der Waals surface area contributed by atoms with Crippen LogP contribution in [0.3, 0.4) is 0 Å². The van der Waals surface area contributed by atoms with E-state index in [1.807, 2.05) is 25.1 Å². The smallest absolute Gasteiger partial charge is 0.351 e. The number of morpholine rings is 1. The van der Waals surface area contributed by atoms with Gasteiger partial charge >= 0.3 is 5.69 Å². The molecule has 1 aromatic carbocycles. The monoisotopic (exact) mass is 488 g/mol. The molecule has 0 aliphatic carbocycles. The van der Waals surface area contributed by atoms with Crippen molar-refractivity contribution < 1.29 is 13.9 Å². The molecule has 9 nitrogen and oxygen atoms in total. The molecule has 0 bridgehead atoms. The number of amides is 1. The Hall–Kier alpha value is -3.34. The van der Waals surface area contributed by atoms with Crippen LogP contribution in [0.25, 0.3) is 16.9 Å². The van der Waals surface area contributed by atoms with Gasteiger partial charge < -0.3 is 15.4 Å². The Morgan fingerprint density at radius 3 is 2.53 bits per heavy atom. The van der Waals surface area contributed by atoms with Crippen LogP contribution >= 0.6 is 12.4 Å². The van der Waals surface area contributed by atoms with Crippen molar-refractivity contribution in [3.63, 3.8) is 0 Å². The van der Waals surface area contributed by atoms with E-state index in [1.54, 1.807) is 23.2 Å². The fourth-order valence-electron chi connectivity index (χ4n) is 3.66. The Balaban J connectivity index is 0.00000324. The first kappa shape index (κ1) is 25.3. The molecular formula is C23H26ClFN6O3. The number of carbonyl (C=O) groups is 1. The molecule has 1 amide bonds. The number of hydrogen-bond acceptors (Lipinski definition) is 6. The van der Waals surface area contributed by atoms with E-state index in [1.165, 1.54) is 10.9 Å². The van der Waals surface area contributed by atoms with Gasteiger partial charge in [0.15, 0.2) is 0 Å². The van der Waals surface area contributed by atoms with Gasteiger partial charge in [0.2, 0.25) is 0 Å². The molecule has 1 saturated heterocycles. The maximum absolute atomic E-state index is 12.8. The normalized spacial score (nSPS) is 14.1. The van der Waals surface area contributed by atoms with E-state index >= 15 is 0 Å². The Labute approximate surface area is 202 Å². The standard InChI is InChI=1S/C23H25FN6O3.ClH/c1-16-10-20(18-2-4-19(5-3-18)22(31)28-6-8-33-9-7-28)13-26-21(16)29-15-27-30(23(29)32)14-17(11-24)12-25;/h2-5,10-11,13,15H,6-9,12,14,25H2,1H3;1H/b17-11+;. The van der Waals surface area contributed by atoms with Crippen molar-refractivity contribution in [3.05, 3.63) is 76.4 Å². The lowest BCUT2D eigenvalue weighted by Gasteiger charge is -2.26. The summed E-state index contributed by atoms with van der Waals surface area (Å²) in [6.07, 6.45) is 3.41. The average molecular weight is 489 g/mol. The Morgan fingerprint density at radius 2 is 1.91 bits per heavy atom. The number of carbonyl (C=O) groups excluding carboxylic acids is 1. The first-order valence-corrected chi connectivity index (χ1v) is 10.6. The van der Waals surface area contributed by atoms with Crippen molar-refractivity contribution in [2.24, 2.45) is 5.73 Å². The van der Waals surface area contributed by atoms with E-state index in [-0.39, 0.29) is 37.0 Å². The number of rotatable bonds is 6. The minimum absolute atomic E-state index is 0. The Morgan fingerprint density at radius 1 is 1.21 bits per heavy atom. The Kier molecular flexibility index (Phi) is 8.32. The van der Waals surface area contributed by atoms with Crippen LogP contribution in [0, 0.1) is 6.92 Å². The largest absolute Gasteiger partial charge is 0.378 e. The minimum Gasteiger partial charge on any atom is -0.378 e. The lowest BCUT2D eigenvalue weighted by Crippen LogP contribution is -2.40. The van der Waals surface area contributed by atoms with E-state index in [0.717, 1.165) is 21.4 Å². The predicted octanol–water partition coefficient (Wildman–Crippen LogP) is 2.11. The number of aromatic nitrogens is 4. The maximum Gasteiger partial charge on any atom is 0.351 e. The van der Waals surface area contributed by atoms with Gasteiger partial charge in [0, 0.05) is 37.0 Å². The highest BCUT2D eigenvalue weighted by Crippen LogP contribution is 2.23. The summed E-state index contributed by atoms with van der Waals surface area (Å²) in [7, 11) is 0. The van der Waals surface area contributed by atoms with Gasteiger partial charge in [0.25, 0.3) is 5.91 Å². The van der Waals surface area contributed by atoms with E-state index in [4.69, 9.17) is 10.5 Å².